The quantitative estimate of drug-likeness (QED) is 0.525. The van der Waals surface area contributed by atoms with E-state index in [0.29, 0.717) is 18.0 Å². The van der Waals surface area contributed by atoms with E-state index in [9.17, 15) is 13.5 Å². The van der Waals surface area contributed by atoms with Crippen molar-refractivity contribution in [3.8, 4) is 17.0 Å². The summed E-state index contributed by atoms with van der Waals surface area (Å²) in [5.74, 6) is 0.811. The first-order valence-electron chi connectivity index (χ1n) is 8.99. The Morgan fingerprint density at radius 1 is 1.14 bits per heavy atom. The molecule has 0 aliphatic heterocycles. The van der Waals surface area contributed by atoms with Crippen LogP contribution in [0.3, 0.4) is 0 Å². The SMILES string of the molecule is Cc1nc2c(NCc3cccc(S(C)(=O)=O)c3)nccn2c1-c1ccc(O)cc1. The van der Waals surface area contributed by atoms with E-state index in [-0.39, 0.29) is 10.6 Å². The number of hydrogen-bond acceptors (Lipinski definition) is 6. The number of aryl methyl sites for hydroxylation is 1. The summed E-state index contributed by atoms with van der Waals surface area (Å²) < 4.78 is 25.5. The summed E-state index contributed by atoms with van der Waals surface area (Å²) in [5.41, 5.74) is 4.20. The molecule has 2 aromatic heterocycles. The molecule has 0 fully saturated rings. The van der Waals surface area contributed by atoms with Crippen molar-refractivity contribution >= 4 is 21.3 Å². The van der Waals surface area contributed by atoms with E-state index in [2.05, 4.69) is 15.3 Å². The molecule has 0 unspecified atom stereocenters. The molecule has 148 valence electrons. The molecule has 29 heavy (non-hydrogen) atoms. The van der Waals surface area contributed by atoms with Gasteiger partial charge in [-0.2, -0.15) is 0 Å². The molecule has 7 nitrogen and oxygen atoms in total. The number of aromatic hydroxyl groups is 1. The Kier molecular flexibility index (Phi) is 4.71. The second kappa shape index (κ2) is 7.21. The van der Waals surface area contributed by atoms with E-state index >= 15 is 0 Å². The number of rotatable bonds is 5. The number of benzene rings is 2. The first kappa shape index (κ1) is 18.9. The molecule has 0 aliphatic carbocycles. The van der Waals surface area contributed by atoms with E-state index in [4.69, 9.17) is 0 Å². The van der Waals surface area contributed by atoms with Crippen molar-refractivity contribution in [3.05, 3.63) is 72.2 Å². The predicted molar refractivity (Wildman–Crippen MR) is 112 cm³/mol. The summed E-state index contributed by atoms with van der Waals surface area (Å²) in [7, 11) is -3.26. The lowest BCUT2D eigenvalue weighted by Crippen LogP contribution is -2.05. The van der Waals surface area contributed by atoms with Crippen LogP contribution < -0.4 is 5.32 Å². The van der Waals surface area contributed by atoms with Gasteiger partial charge in [0.2, 0.25) is 0 Å². The molecular formula is C21H20N4O3S. The summed E-state index contributed by atoms with van der Waals surface area (Å²) in [6, 6.07) is 13.8. The molecule has 4 aromatic rings. The lowest BCUT2D eigenvalue weighted by Gasteiger charge is -2.09. The molecule has 2 N–H and O–H groups in total. The molecule has 0 saturated carbocycles. The number of aromatic nitrogens is 3. The van der Waals surface area contributed by atoms with Crippen LogP contribution in [0.5, 0.6) is 5.75 Å². The highest BCUT2D eigenvalue weighted by Gasteiger charge is 2.14. The molecule has 0 spiro atoms. The highest BCUT2D eigenvalue weighted by molar-refractivity contribution is 7.90. The second-order valence-corrected chi connectivity index (χ2v) is 8.85. The number of phenolic OH excluding ortho intramolecular Hbond substituents is 1. The highest BCUT2D eigenvalue weighted by atomic mass is 32.2. The van der Waals surface area contributed by atoms with Gasteiger partial charge in [-0.3, -0.25) is 4.40 Å². The Balaban J connectivity index is 1.68. The smallest absolute Gasteiger partial charge is 0.180 e. The zero-order valence-electron chi connectivity index (χ0n) is 16.0. The molecule has 2 heterocycles. The van der Waals surface area contributed by atoms with Gasteiger partial charge >= 0.3 is 0 Å². The Morgan fingerprint density at radius 2 is 1.90 bits per heavy atom. The van der Waals surface area contributed by atoms with Crippen molar-refractivity contribution in [1.29, 1.82) is 0 Å². The minimum absolute atomic E-state index is 0.209. The van der Waals surface area contributed by atoms with E-state index in [1.54, 1.807) is 36.5 Å². The zero-order valence-corrected chi connectivity index (χ0v) is 16.8. The maximum absolute atomic E-state index is 11.8. The minimum Gasteiger partial charge on any atom is -0.508 e. The third-order valence-corrected chi connectivity index (χ3v) is 5.75. The molecule has 0 atom stereocenters. The number of anilines is 1. The molecule has 0 saturated heterocycles. The summed E-state index contributed by atoms with van der Waals surface area (Å²) in [5, 5.41) is 12.8. The zero-order chi connectivity index (χ0) is 20.6. The minimum atomic E-state index is -3.26. The van der Waals surface area contributed by atoms with Gasteiger partial charge in [-0.1, -0.05) is 12.1 Å². The maximum Gasteiger partial charge on any atom is 0.180 e. The van der Waals surface area contributed by atoms with Gasteiger partial charge in [0.25, 0.3) is 0 Å². The van der Waals surface area contributed by atoms with Crippen LogP contribution >= 0.6 is 0 Å². The number of hydrogen-bond donors (Lipinski definition) is 2. The van der Waals surface area contributed by atoms with Crippen molar-refractivity contribution in [2.45, 2.75) is 18.4 Å². The van der Waals surface area contributed by atoms with Gasteiger partial charge in [0.15, 0.2) is 21.3 Å². The molecule has 0 bridgehead atoms. The Morgan fingerprint density at radius 3 is 2.62 bits per heavy atom. The van der Waals surface area contributed by atoms with Crippen LogP contribution in [0.4, 0.5) is 5.82 Å². The largest absolute Gasteiger partial charge is 0.508 e. The van der Waals surface area contributed by atoms with Gasteiger partial charge in [-0.25, -0.2) is 18.4 Å². The normalized spacial score (nSPS) is 11.7. The fraction of sp³-hybridized carbons (Fsp3) is 0.143. The summed E-state index contributed by atoms with van der Waals surface area (Å²) in [4.78, 5) is 9.35. The lowest BCUT2D eigenvalue weighted by molar-refractivity contribution is 0.475. The van der Waals surface area contributed by atoms with Gasteiger partial charge < -0.3 is 10.4 Å². The number of nitrogens with one attached hydrogen (secondary N) is 1. The standard InChI is InChI=1S/C21H20N4O3S/c1-14-19(16-6-8-17(26)9-7-16)25-11-10-22-20(21(25)24-14)23-13-15-4-3-5-18(12-15)29(2,27)28/h3-12,26H,13H2,1-2H3,(H,22,23). The lowest BCUT2D eigenvalue weighted by atomic mass is 10.1. The Bertz CT molecular complexity index is 1300. The van der Waals surface area contributed by atoms with Crippen LogP contribution in [0.2, 0.25) is 0 Å². The summed E-state index contributed by atoms with van der Waals surface area (Å²) in [6.45, 7) is 2.34. The third-order valence-electron chi connectivity index (χ3n) is 4.64. The average molecular weight is 408 g/mol. The fourth-order valence-corrected chi connectivity index (χ4v) is 3.95. The van der Waals surface area contributed by atoms with Crippen LogP contribution in [0.15, 0.2) is 65.8 Å². The Hall–Kier alpha value is -3.39. The van der Waals surface area contributed by atoms with Gasteiger partial charge in [-0.05, 0) is 48.9 Å². The second-order valence-electron chi connectivity index (χ2n) is 6.84. The van der Waals surface area contributed by atoms with E-state index < -0.39 is 9.84 Å². The van der Waals surface area contributed by atoms with Crippen LogP contribution in [-0.4, -0.2) is 34.1 Å². The number of nitrogens with zero attached hydrogens (tertiary/aromatic N) is 3. The van der Waals surface area contributed by atoms with Crippen molar-refractivity contribution in [2.75, 3.05) is 11.6 Å². The van der Waals surface area contributed by atoms with E-state index in [1.165, 1.54) is 6.26 Å². The third kappa shape index (κ3) is 3.79. The number of sulfone groups is 1. The molecule has 0 amide bonds. The first-order chi connectivity index (χ1) is 13.8. The van der Waals surface area contributed by atoms with Gasteiger partial charge in [-0.15, -0.1) is 0 Å². The van der Waals surface area contributed by atoms with Crippen LogP contribution in [-0.2, 0) is 16.4 Å². The van der Waals surface area contributed by atoms with Crippen LogP contribution in [0, 0.1) is 6.92 Å². The fourth-order valence-electron chi connectivity index (χ4n) is 3.25. The number of phenols is 1. The monoisotopic (exact) mass is 408 g/mol. The van der Waals surface area contributed by atoms with Crippen molar-refractivity contribution < 1.29 is 13.5 Å². The van der Waals surface area contributed by atoms with Gasteiger partial charge in [0, 0.05) is 30.8 Å². The predicted octanol–water partition coefficient (Wildman–Crippen LogP) is 3.43. The molecule has 0 aliphatic rings. The van der Waals surface area contributed by atoms with Crippen molar-refractivity contribution in [1.82, 2.24) is 14.4 Å². The first-order valence-corrected chi connectivity index (χ1v) is 10.9. The van der Waals surface area contributed by atoms with Crippen molar-refractivity contribution in [2.24, 2.45) is 0 Å². The topological polar surface area (TPSA) is 96.6 Å². The van der Waals surface area contributed by atoms with Crippen LogP contribution in [0.25, 0.3) is 16.9 Å². The van der Waals surface area contributed by atoms with Gasteiger partial charge in [0.05, 0.1) is 16.3 Å². The van der Waals surface area contributed by atoms with E-state index in [1.807, 2.05) is 35.7 Å². The highest BCUT2D eigenvalue weighted by Crippen LogP contribution is 2.28. The maximum atomic E-state index is 11.8. The Labute approximate surface area is 168 Å². The number of fused-ring (bicyclic) bond motifs is 1. The average Bonchev–Trinajstić information content (AvgIpc) is 3.03. The van der Waals surface area contributed by atoms with Gasteiger partial charge in [0.1, 0.15) is 5.75 Å². The number of imidazole rings is 1. The van der Waals surface area contributed by atoms with E-state index in [0.717, 1.165) is 22.5 Å². The molecule has 8 heteroatoms. The molecule has 4 rings (SSSR count). The van der Waals surface area contributed by atoms with Crippen molar-refractivity contribution in [3.63, 3.8) is 0 Å². The molecule has 0 radical (unpaired) electrons. The summed E-state index contributed by atoms with van der Waals surface area (Å²) >= 11 is 0. The summed E-state index contributed by atoms with van der Waals surface area (Å²) in [6.07, 6.45) is 4.72. The molecule has 2 aromatic carbocycles. The molecular weight excluding hydrogens is 388 g/mol. The van der Waals surface area contributed by atoms with Crippen LogP contribution in [0.1, 0.15) is 11.3 Å².